The average Bonchev–Trinajstić information content (AvgIpc) is 2.96. The SMILES string of the molecule is CCc1ccc(S(=O)(=O)N2CCN(CC(=O)c3cc(C)n(C)c3C)CC2)cc1. The first-order valence-electron chi connectivity index (χ1n) is 9.71. The number of carbonyl (C=O) groups excluding carboxylic acids is 1. The summed E-state index contributed by atoms with van der Waals surface area (Å²) in [6.07, 6.45) is 0.882. The molecular formula is C21H29N3O3S. The Hall–Kier alpha value is -1.96. The second kappa shape index (κ2) is 8.19. The van der Waals surface area contributed by atoms with Gasteiger partial charge in [-0.1, -0.05) is 19.1 Å². The van der Waals surface area contributed by atoms with Gasteiger partial charge in [-0.2, -0.15) is 4.31 Å². The molecule has 1 aliphatic rings. The Kier molecular flexibility index (Phi) is 6.07. The number of aromatic nitrogens is 1. The Labute approximate surface area is 167 Å². The summed E-state index contributed by atoms with van der Waals surface area (Å²) in [6, 6.07) is 9.03. The normalized spacial score (nSPS) is 16.4. The fourth-order valence-electron chi connectivity index (χ4n) is 3.60. The van der Waals surface area contributed by atoms with Crippen molar-refractivity contribution in [2.45, 2.75) is 32.1 Å². The summed E-state index contributed by atoms with van der Waals surface area (Å²) in [5.41, 5.74) is 3.91. The number of sulfonamides is 1. The molecule has 0 N–H and O–H groups in total. The van der Waals surface area contributed by atoms with E-state index in [1.54, 1.807) is 12.1 Å². The lowest BCUT2D eigenvalue weighted by Crippen LogP contribution is -2.49. The fourth-order valence-corrected chi connectivity index (χ4v) is 5.02. The Morgan fingerprint density at radius 1 is 1.04 bits per heavy atom. The zero-order valence-corrected chi connectivity index (χ0v) is 17.9. The van der Waals surface area contributed by atoms with E-state index in [9.17, 15) is 13.2 Å². The second-order valence-electron chi connectivity index (χ2n) is 7.44. The van der Waals surface area contributed by atoms with E-state index in [-0.39, 0.29) is 5.78 Å². The molecule has 0 bridgehead atoms. The molecular weight excluding hydrogens is 374 g/mol. The van der Waals surface area contributed by atoms with E-state index in [0.29, 0.717) is 37.6 Å². The molecule has 0 unspecified atom stereocenters. The number of aryl methyl sites for hydroxylation is 2. The van der Waals surface area contributed by atoms with Gasteiger partial charge < -0.3 is 4.57 Å². The Morgan fingerprint density at radius 2 is 1.64 bits per heavy atom. The van der Waals surface area contributed by atoms with Crippen LogP contribution in [0.5, 0.6) is 0 Å². The third kappa shape index (κ3) is 4.06. The number of benzene rings is 1. The molecule has 0 radical (unpaired) electrons. The maximum atomic E-state index is 12.9. The Morgan fingerprint density at radius 3 is 2.14 bits per heavy atom. The first-order valence-corrected chi connectivity index (χ1v) is 11.2. The maximum Gasteiger partial charge on any atom is 0.243 e. The smallest absolute Gasteiger partial charge is 0.243 e. The van der Waals surface area contributed by atoms with Gasteiger partial charge >= 0.3 is 0 Å². The number of rotatable bonds is 6. The molecule has 28 heavy (non-hydrogen) atoms. The van der Waals surface area contributed by atoms with Crippen molar-refractivity contribution in [1.82, 2.24) is 13.8 Å². The molecule has 1 fully saturated rings. The van der Waals surface area contributed by atoms with Crippen molar-refractivity contribution in [3.63, 3.8) is 0 Å². The van der Waals surface area contributed by atoms with Crippen molar-refractivity contribution in [3.8, 4) is 0 Å². The highest BCUT2D eigenvalue weighted by Gasteiger charge is 2.29. The van der Waals surface area contributed by atoms with Crippen LogP contribution < -0.4 is 0 Å². The average molecular weight is 404 g/mol. The highest BCUT2D eigenvalue weighted by atomic mass is 32.2. The minimum Gasteiger partial charge on any atom is -0.351 e. The van der Waals surface area contributed by atoms with Crippen LogP contribution >= 0.6 is 0 Å². The summed E-state index contributed by atoms with van der Waals surface area (Å²) in [7, 11) is -1.53. The molecule has 152 valence electrons. The fraction of sp³-hybridized carbons (Fsp3) is 0.476. The monoisotopic (exact) mass is 403 g/mol. The molecule has 0 amide bonds. The molecule has 3 rings (SSSR count). The van der Waals surface area contributed by atoms with Crippen LogP contribution in [0.3, 0.4) is 0 Å². The molecule has 0 saturated carbocycles. The number of carbonyl (C=O) groups is 1. The van der Waals surface area contributed by atoms with Gasteiger partial charge in [-0.25, -0.2) is 8.42 Å². The van der Waals surface area contributed by atoms with Gasteiger partial charge in [0.25, 0.3) is 0 Å². The molecule has 1 aliphatic heterocycles. The molecule has 1 saturated heterocycles. The first-order chi connectivity index (χ1) is 13.2. The Bertz CT molecular complexity index is 954. The minimum atomic E-state index is -3.48. The van der Waals surface area contributed by atoms with E-state index in [2.05, 4.69) is 0 Å². The van der Waals surface area contributed by atoms with Gasteiger partial charge in [0, 0.05) is 50.2 Å². The summed E-state index contributed by atoms with van der Waals surface area (Å²) in [5, 5.41) is 0. The van der Waals surface area contributed by atoms with Crippen molar-refractivity contribution < 1.29 is 13.2 Å². The second-order valence-corrected chi connectivity index (χ2v) is 9.38. The minimum absolute atomic E-state index is 0.0904. The summed E-state index contributed by atoms with van der Waals surface area (Å²) < 4.78 is 29.3. The van der Waals surface area contributed by atoms with E-state index in [0.717, 1.165) is 28.9 Å². The maximum absolute atomic E-state index is 12.9. The highest BCUT2D eigenvalue weighted by molar-refractivity contribution is 7.89. The van der Waals surface area contributed by atoms with Crippen LogP contribution in [0.2, 0.25) is 0 Å². The highest BCUT2D eigenvalue weighted by Crippen LogP contribution is 2.19. The zero-order valence-electron chi connectivity index (χ0n) is 17.1. The van der Waals surface area contributed by atoms with Crippen LogP contribution in [0.1, 0.15) is 34.2 Å². The van der Waals surface area contributed by atoms with E-state index >= 15 is 0 Å². The van der Waals surface area contributed by atoms with Gasteiger partial charge in [-0.3, -0.25) is 9.69 Å². The topological polar surface area (TPSA) is 62.6 Å². The molecule has 0 atom stereocenters. The molecule has 0 spiro atoms. The van der Waals surface area contributed by atoms with Crippen LogP contribution in [0.4, 0.5) is 0 Å². The third-order valence-corrected chi connectivity index (χ3v) is 7.66. The largest absolute Gasteiger partial charge is 0.351 e. The number of piperazine rings is 1. The molecule has 0 aliphatic carbocycles. The van der Waals surface area contributed by atoms with Crippen LogP contribution in [0.25, 0.3) is 0 Å². The van der Waals surface area contributed by atoms with Crippen molar-refractivity contribution in [3.05, 3.63) is 52.8 Å². The number of hydrogen-bond acceptors (Lipinski definition) is 4. The van der Waals surface area contributed by atoms with Crippen LogP contribution in [0, 0.1) is 13.8 Å². The Balaban J connectivity index is 1.62. The summed E-state index contributed by atoms with van der Waals surface area (Å²) in [4.78, 5) is 15.0. The van der Waals surface area contributed by atoms with E-state index in [1.165, 1.54) is 4.31 Å². The van der Waals surface area contributed by atoms with Gasteiger partial charge in [-0.15, -0.1) is 0 Å². The lowest BCUT2D eigenvalue weighted by Gasteiger charge is -2.33. The predicted octanol–water partition coefficient (Wildman–Crippen LogP) is 2.39. The lowest BCUT2D eigenvalue weighted by atomic mass is 10.1. The predicted molar refractivity (Wildman–Crippen MR) is 110 cm³/mol. The van der Waals surface area contributed by atoms with Gasteiger partial charge in [0.15, 0.2) is 5.78 Å². The van der Waals surface area contributed by atoms with Crippen molar-refractivity contribution >= 4 is 15.8 Å². The quantitative estimate of drug-likeness (QED) is 0.695. The van der Waals surface area contributed by atoms with Crippen molar-refractivity contribution in [1.29, 1.82) is 0 Å². The van der Waals surface area contributed by atoms with E-state index in [4.69, 9.17) is 0 Å². The zero-order chi connectivity index (χ0) is 20.5. The van der Waals surface area contributed by atoms with Gasteiger partial charge in [0.2, 0.25) is 10.0 Å². The van der Waals surface area contributed by atoms with E-state index < -0.39 is 10.0 Å². The van der Waals surface area contributed by atoms with Gasteiger partial charge in [0.05, 0.1) is 11.4 Å². The molecule has 6 nitrogen and oxygen atoms in total. The van der Waals surface area contributed by atoms with Crippen LogP contribution in [0.15, 0.2) is 35.2 Å². The molecule has 7 heteroatoms. The van der Waals surface area contributed by atoms with E-state index in [1.807, 2.05) is 55.5 Å². The van der Waals surface area contributed by atoms with Crippen LogP contribution in [-0.2, 0) is 23.5 Å². The molecule has 2 heterocycles. The van der Waals surface area contributed by atoms with Crippen LogP contribution in [-0.4, -0.2) is 60.7 Å². The first kappa shape index (κ1) is 20.8. The standard InChI is InChI=1S/C21H29N3O3S/c1-5-18-6-8-19(9-7-18)28(26,27)24-12-10-23(11-13-24)15-21(25)20-14-16(2)22(4)17(20)3/h6-9,14H,5,10-13,15H2,1-4H3. The molecule has 1 aromatic carbocycles. The number of Topliss-reactive ketones (excluding diaryl/α,β-unsaturated/α-hetero) is 1. The summed E-state index contributed by atoms with van der Waals surface area (Å²) in [6.45, 7) is 8.22. The number of nitrogens with zero attached hydrogens (tertiary/aromatic N) is 3. The number of hydrogen-bond donors (Lipinski definition) is 0. The van der Waals surface area contributed by atoms with Crippen molar-refractivity contribution in [2.75, 3.05) is 32.7 Å². The summed E-state index contributed by atoms with van der Waals surface area (Å²) in [5.74, 6) is 0.0904. The van der Waals surface area contributed by atoms with Crippen molar-refractivity contribution in [2.24, 2.45) is 7.05 Å². The molecule has 1 aromatic heterocycles. The third-order valence-electron chi connectivity index (χ3n) is 5.74. The van der Waals surface area contributed by atoms with Gasteiger partial charge in [-0.05, 0) is 44.0 Å². The molecule has 2 aromatic rings. The number of ketones is 1. The van der Waals surface area contributed by atoms with Gasteiger partial charge in [0.1, 0.15) is 0 Å². The summed E-state index contributed by atoms with van der Waals surface area (Å²) >= 11 is 0. The lowest BCUT2D eigenvalue weighted by molar-refractivity contribution is 0.0901.